The highest BCUT2D eigenvalue weighted by atomic mass is 16.5. The highest BCUT2D eigenvalue weighted by molar-refractivity contribution is 5.83. The van der Waals surface area contributed by atoms with Crippen LogP contribution in [-0.4, -0.2) is 44.5 Å². The van der Waals surface area contributed by atoms with Gasteiger partial charge in [0.1, 0.15) is 6.54 Å². The molecular formula is C17H16N6O3. The van der Waals surface area contributed by atoms with Gasteiger partial charge < -0.3 is 9.84 Å². The smallest absolute Gasteiger partial charge is 0.263 e. The Labute approximate surface area is 148 Å². The second-order valence-electron chi connectivity index (χ2n) is 5.23. The van der Waals surface area contributed by atoms with Crippen molar-refractivity contribution in [2.45, 2.75) is 6.54 Å². The zero-order chi connectivity index (χ0) is 18.4. The molecule has 2 N–H and O–H groups in total. The van der Waals surface area contributed by atoms with Crippen molar-refractivity contribution in [3.8, 4) is 22.9 Å². The number of nitrogens with one attached hydrogen (secondary N) is 1. The Kier molecular flexibility index (Phi) is 5.18. The monoisotopic (exact) mass is 352 g/mol. The van der Waals surface area contributed by atoms with Crippen molar-refractivity contribution in [3.63, 3.8) is 0 Å². The van der Waals surface area contributed by atoms with Crippen LogP contribution >= 0.6 is 0 Å². The number of aromatic hydroxyl groups is 1. The van der Waals surface area contributed by atoms with E-state index in [-0.39, 0.29) is 12.3 Å². The Balaban J connectivity index is 1.56. The number of phenolic OH excluding ortho intramolecular Hbond substituents is 1. The zero-order valence-corrected chi connectivity index (χ0v) is 13.9. The molecule has 0 saturated heterocycles. The molecule has 9 nitrogen and oxygen atoms in total. The molecule has 0 fully saturated rings. The first-order chi connectivity index (χ1) is 12.7. The molecule has 0 aliphatic heterocycles. The van der Waals surface area contributed by atoms with Crippen molar-refractivity contribution in [2.75, 3.05) is 7.11 Å². The predicted molar refractivity (Wildman–Crippen MR) is 93.6 cm³/mol. The molecule has 132 valence electrons. The maximum absolute atomic E-state index is 11.9. The molecule has 2 aromatic carbocycles. The van der Waals surface area contributed by atoms with Gasteiger partial charge in [0.05, 0.1) is 13.3 Å². The van der Waals surface area contributed by atoms with Gasteiger partial charge >= 0.3 is 0 Å². The lowest BCUT2D eigenvalue weighted by Crippen LogP contribution is -2.24. The van der Waals surface area contributed by atoms with Gasteiger partial charge in [-0.25, -0.2) is 5.43 Å². The number of hydrazone groups is 1. The number of nitrogens with zero attached hydrogens (tertiary/aromatic N) is 5. The minimum atomic E-state index is -0.406. The molecule has 3 rings (SSSR count). The van der Waals surface area contributed by atoms with Gasteiger partial charge in [-0.15, -0.1) is 10.2 Å². The number of hydrogen-bond acceptors (Lipinski definition) is 7. The van der Waals surface area contributed by atoms with Gasteiger partial charge in [0.15, 0.2) is 11.5 Å². The highest BCUT2D eigenvalue weighted by Gasteiger charge is 2.08. The summed E-state index contributed by atoms with van der Waals surface area (Å²) < 4.78 is 4.96. The molecule has 0 spiro atoms. The molecule has 1 amide bonds. The van der Waals surface area contributed by atoms with E-state index in [9.17, 15) is 9.90 Å². The summed E-state index contributed by atoms with van der Waals surface area (Å²) in [6, 6.07) is 14.1. The molecule has 0 aliphatic carbocycles. The minimum Gasteiger partial charge on any atom is -0.504 e. The summed E-state index contributed by atoms with van der Waals surface area (Å²) in [6.45, 7) is -0.120. The van der Waals surface area contributed by atoms with Crippen LogP contribution in [0.4, 0.5) is 0 Å². The number of methoxy groups -OCH3 is 1. The van der Waals surface area contributed by atoms with Crippen LogP contribution in [0.15, 0.2) is 53.6 Å². The van der Waals surface area contributed by atoms with Gasteiger partial charge in [-0.1, -0.05) is 30.3 Å². The minimum absolute atomic E-state index is 0.0111. The van der Waals surface area contributed by atoms with Crippen molar-refractivity contribution in [3.05, 3.63) is 54.1 Å². The zero-order valence-electron chi connectivity index (χ0n) is 13.9. The number of aromatic nitrogens is 4. The Bertz CT molecular complexity index is 923. The van der Waals surface area contributed by atoms with Gasteiger partial charge in [0, 0.05) is 5.56 Å². The maximum atomic E-state index is 11.9. The molecule has 0 aliphatic rings. The summed E-state index contributed by atoms with van der Waals surface area (Å²) in [4.78, 5) is 13.1. The van der Waals surface area contributed by atoms with E-state index < -0.39 is 5.91 Å². The fraction of sp³-hybridized carbons (Fsp3) is 0.118. The van der Waals surface area contributed by atoms with Crippen molar-refractivity contribution in [2.24, 2.45) is 5.10 Å². The van der Waals surface area contributed by atoms with Gasteiger partial charge in [-0.3, -0.25) is 4.79 Å². The van der Waals surface area contributed by atoms with Crippen LogP contribution in [0.25, 0.3) is 11.4 Å². The molecule has 26 heavy (non-hydrogen) atoms. The van der Waals surface area contributed by atoms with E-state index >= 15 is 0 Å². The fourth-order valence-corrected chi connectivity index (χ4v) is 2.14. The van der Waals surface area contributed by atoms with Crippen molar-refractivity contribution in [1.82, 2.24) is 25.6 Å². The number of carbonyl (C=O) groups is 1. The van der Waals surface area contributed by atoms with E-state index in [1.54, 1.807) is 12.1 Å². The van der Waals surface area contributed by atoms with E-state index in [1.807, 2.05) is 30.3 Å². The Morgan fingerprint density at radius 2 is 2.12 bits per heavy atom. The largest absolute Gasteiger partial charge is 0.504 e. The van der Waals surface area contributed by atoms with Crippen LogP contribution in [0.3, 0.4) is 0 Å². The van der Waals surface area contributed by atoms with Crippen LogP contribution in [0, 0.1) is 0 Å². The average molecular weight is 352 g/mol. The summed E-state index contributed by atoms with van der Waals surface area (Å²) in [6.07, 6.45) is 1.40. The first-order valence-electron chi connectivity index (χ1n) is 7.68. The summed E-state index contributed by atoms with van der Waals surface area (Å²) in [5.74, 6) is 0.382. The molecule has 3 aromatic rings. The van der Waals surface area contributed by atoms with Gasteiger partial charge in [0.2, 0.25) is 5.82 Å². The number of phenols is 1. The van der Waals surface area contributed by atoms with Crippen LogP contribution in [0.1, 0.15) is 5.56 Å². The summed E-state index contributed by atoms with van der Waals surface area (Å²) in [7, 11) is 1.46. The second kappa shape index (κ2) is 7.88. The molecule has 0 unspecified atom stereocenters. The highest BCUT2D eigenvalue weighted by Crippen LogP contribution is 2.25. The Morgan fingerprint density at radius 3 is 2.85 bits per heavy atom. The Hall–Kier alpha value is -3.75. The number of carbonyl (C=O) groups excluding carboxylic acids is 1. The number of rotatable bonds is 6. The fourth-order valence-electron chi connectivity index (χ4n) is 2.14. The number of benzene rings is 2. The van der Waals surface area contributed by atoms with Crippen LogP contribution in [-0.2, 0) is 11.3 Å². The van der Waals surface area contributed by atoms with E-state index in [0.717, 1.165) is 5.56 Å². The second-order valence-corrected chi connectivity index (χ2v) is 5.23. The lowest BCUT2D eigenvalue weighted by molar-refractivity contribution is -0.122. The van der Waals surface area contributed by atoms with E-state index in [4.69, 9.17) is 4.74 Å². The maximum Gasteiger partial charge on any atom is 0.263 e. The molecule has 1 aromatic heterocycles. The third kappa shape index (κ3) is 4.20. The first-order valence-corrected chi connectivity index (χ1v) is 7.68. The third-order valence-electron chi connectivity index (χ3n) is 3.38. The number of ether oxygens (including phenoxy) is 1. The van der Waals surface area contributed by atoms with E-state index in [0.29, 0.717) is 17.1 Å². The van der Waals surface area contributed by atoms with Crippen molar-refractivity contribution < 1.29 is 14.6 Å². The number of amides is 1. The van der Waals surface area contributed by atoms with Crippen molar-refractivity contribution >= 4 is 12.1 Å². The molecule has 0 bridgehead atoms. The van der Waals surface area contributed by atoms with Gasteiger partial charge in [-0.2, -0.15) is 9.90 Å². The molecular weight excluding hydrogens is 336 g/mol. The molecule has 0 saturated carbocycles. The topological polar surface area (TPSA) is 115 Å². The van der Waals surface area contributed by atoms with Crippen LogP contribution in [0.5, 0.6) is 11.5 Å². The summed E-state index contributed by atoms with van der Waals surface area (Å²) >= 11 is 0. The van der Waals surface area contributed by atoms with Gasteiger partial charge in [0.25, 0.3) is 5.91 Å². The lowest BCUT2D eigenvalue weighted by atomic mass is 10.2. The van der Waals surface area contributed by atoms with Crippen LogP contribution in [0.2, 0.25) is 0 Å². The van der Waals surface area contributed by atoms with Crippen LogP contribution < -0.4 is 10.2 Å². The number of tetrazole rings is 1. The Morgan fingerprint density at radius 1 is 1.31 bits per heavy atom. The number of hydrogen-bond donors (Lipinski definition) is 2. The normalized spacial score (nSPS) is 10.8. The average Bonchev–Trinajstić information content (AvgIpc) is 3.11. The predicted octanol–water partition coefficient (Wildman–Crippen LogP) is 1.20. The van der Waals surface area contributed by atoms with Crippen molar-refractivity contribution in [1.29, 1.82) is 0 Å². The lowest BCUT2D eigenvalue weighted by Gasteiger charge is -2.03. The van der Waals surface area contributed by atoms with E-state index in [2.05, 4.69) is 25.9 Å². The quantitative estimate of drug-likeness (QED) is 0.509. The molecule has 1 heterocycles. The molecule has 0 atom stereocenters. The summed E-state index contributed by atoms with van der Waals surface area (Å²) in [5, 5.41) is 25.4. The van der Waals surface area contributed by atoms with Gasteiger partial charge in [-0.05, 0) is 29.0 Å². The molecule has 9 heteroatoms. The first kappa shape index (κ1) is 17.1. The van der Waals surface area contributed by atoms with E-state index in [1.165, 1.54) is 24.2 Å². The standard InChI is InChI=1S/C17H16N6O3/c1-26-15-8-7-12(9-14(15)24)10-18-19-16(25)11-23-21-17(20-22-23)13-5-3-2-4-6-13/h2-10,24H,11H2,1H3,(H,19,25). The SMILES string of the molecule is COc1ccc(C=NNC(=O)Cn2nnc(-c3ccccc3)n2)cc1O. The summed E-state index contributed by atoms with van der Waals surface area (Å²) in [5.41, 5.74) is 3.79. The molecule has 0 radical (unpaired) electrons. The third-order valence-corrected chi connectivity index (χ3v) is 3.38.